The second-order valence-electron chi connectivity index (χ2n) is 4.64. The van der Waals surface area contributed by atoms with Gasteiger partial charge in [0.05, 0.1) is 6.10 Å². The van der Waals surface area contributed by atoms with Gasteiger partial charge in [-0.25, -0.2) is 0 Å². The first-order valence-corrected chi connectivity index (χ1v) is 6.28. The third-order valence-corrected chi connectivity index (χ3v) is 3.27. The Balaban J connectivity index is 1.67. The summed E-state index contributed by atoms with van der Waals surface area (Å²) in [7, 11) is 0. The molecule has 1 aromatic heterocycles. The van der Waals surface area contributed by atoms with Gasteiger partial charge in [0, 0.05) is 24.5 Å². The highest BCUT2D eigenvalue weighted by atomic mass is 16.5. The molecule has 0 bridgehead atoms. The van der Waals surface area contributed by atoms with Crippen molar-refractivity contribution in [3.8, 4) is 0 Å². The number of hydrogen-bond donors (Lipinski definition) is 1. The van der Waals surface area contributed by atoms with Crippen LogP contribution in [0.15, 0.2) is 12.1 Å². The number of rotatable bonds is 5. The average Bonchev–Trinajstić information content (AvgIpc) is 2.87. The summed E-state index contributed by atoms with van der Waals surface area (Å²) in [5.41, 5.74) is 5.99. The van der Waals surface area contributed by atoms with Gasteiger partial charge in [-0.1, -0.05) is 0 Å². The molecule has 1 aromatic rings. The quantitative estimate of drug-likeness (QED) is 0.775. The van der Waals surface area contributed by atoms with Crippen molar-refractivity contribution in [2.75, 3.05) is 18.6 Å². The van der Waals surface area contributed by atoms with Crippen molar-refractivity contribution in [2.45, 2.75) is 45.6 Å². The maximum absolute atomic E-state index is 5.60. The molecule has 2 heterocycles. The molecular formula is C13H22N2O. The van der Waals surface area contributed by atoms with E-state index in [9.17, 15) is 0 Å². The molecule has 3 heteroatoms. The zero-order valence-corrected chi connectivity index (χ0v) is 10.3. The highest BCUT2D eigenvalue weighted by Gasteiger charge is 2.14. The van der Waals surface area contributed by atoms with Crippen LogP contribution in [-0.2, 0) is 4.74 Å². The lowest BCUT2D eigenvalue weighted by Crippen LogP contribution is -2.19. The Labute approximate surface area is 97.8 Å². The van der Waals surface area contributed by atoms with Crippen LogP contribution < -0.4 is 5.43 Å². The van der Waals surface area contributed by atoms with Gasteiger partial charge < -0.3 is 10.2 Å². The fourth-order valence-corrected chi connectivity index (χ4v) is 2.31. The molecule has 0 aliphatic carbocycles. The van der Waals surface area contributed by atoms with Crippen molar-refractivity contribution >= 4 is 0 Å². The van der Waals surface area contributed by atoms with E-state index in [2.05, 4.69) is 36.1 Å². The van der Waals surface area contributed by atoms with Crippen LogP contribution in [0.4, 0.5) is 0 Å². The number of aromatic nitrogens is 1. The minimum atomic E-state index is 0.522. The molecule has 0 amide bonds. The molecule has 0 aromatic carbocycles. The standard InChI is InChI=1S/C13H22N2O/c1-11-7-8-12(2)15(11)14-9-3-5-13-6-4-10-16-13/h7-8,13-14H,3-6,9-10H2,1-2H3. The first-order chi connectivity index (χ1) is 7.77. The van der Waals surface area contributed by atoms with Crippen molar-refractivity contribution in [1.82, 2.24) is 4.68 Å². The largest absolute Gasteiger partial charge is 0.378 e. The predicted octanol–water partition coefficient (Wildman–Crippen LogP) is 2.61. The Kier molecular flexibility index (Phi) is 3.88. The molecule has 2 rings (SSSR count). The highest BCUT2D eigenvalue weighted by Crippen LogP contribution is 2.16. The minimum Gasteiger partial charge on any atom is -0.378 e. The highest BCUT2D eigenvalue weighted by molar-refractivity contribution is 5.15. The maximum Gasteiger partial charge on any atom is 0.0576 e. The molecule has 0 saturated carbocycles. The molecule has 3 nitrogen and oxygen atoms in total. The van der Waals surface area contributed by atoms with E-state index in [-0.39, 0.29) is 0 Å². The summed E-state index contributed by atoms with van der Waals surface area (Å²) in [6.07, 6.45) is 5.39. The van der Waals surface area contributed by atoms with Gasteiger partial charge in [-0.2, -0.15) is 0 Å². The van der Waals surface area contributed by atoms with Crippen molar-refractivity contribution in [2.24, 2.45) is 0 Å². The fraction of sp³-hybridized carbons (Fsp3) is 0.692. The predicted molar refractivity (Wildman–Crippen MR) is 66.3 cm³/mol. The SMILES string of the molecule is Cc1ccc(C)n1NCCCC1CCCO1. The molecule has 1 aliphatic rings. The van der Waals surface area contributed by atoms with Gasteiger partial charge in [-0.05, 0) is 51.7 Å². The summed E-state index contributed by atoms with van der Waals surface area (Å²) in [5, 5.41) is 0. The average molecular weight is 222 g/mol. The van der Waals surface area contributed by atoms with Crippen LogP contribution >= 0.6 is 0 Å². The maximum atomic E-state index is 5.60. The number of aryl methyl sites for hydroxylation is 2. The first kappa shape index (κ1) is 11.5. The molecule has 1 N–H and O–H groups in total. The van der Waals surface area contributed by atoms with E-state index in [0.29, 0.717) is 6.10 Å². The summed E-state index contributed by atoms with van der Waals surface area (Å²) in [4.78, 5) is 0. The normalized spacial score (nSPS) is 20.2. The van der Waals surface area contributed by atoms with Crippen molar-refractivity contribution in [3.63, 3.8) is 0 Å². The van der Waals surface area contributed by atoms with Gasteiger partial charge in [-0.3, -0.25) is 4.68 Å². The molecule has 90 valence electrons. The van der Waals surface area contributed by atoms with E-state index in [0.717, 1.165) is 13.2 Å². The number of hydrogen-bond acceptors (Lipinski definition) is 2. The molecule has 0 radical (unpaired) electrons. The second kappa shape index (κ2) is 5.39. The van der Waals surface area contributed by atoms with Gasteiger partial charge in [0.15, 0.2) is 0 Å². The number of ether oxygens (including phenoxy) is 1. The number of nitrogens with one attached hydrogen (secondary N) is 1. The lowest BCUT2D eigenvalue weighted by molar-refractivity contribution is 0.103. The van der Waals surface area contributed by atoms with Gasteiger partial charge in [0.25, 0.3) is 0 Å². The Bertz CT molecular complexity index is 307. The lowest BCUT2D eigenvalue weighted by atomic mass is 10.1. The van der Waals surface area contributed by atoms with Crippen molar-refractivity contribution < 1.29 is 4.74 Å². The Hall–Kier alpha value is -0.960. The Morgan fingerprint density at radius 1 is 1.38 bits per heavy atom. The summed E-state index contributed by atoms with van der Waals surface area (Å²) >= 11 is 0. The zero-order valence-electron chi connectivity index (χ0n) is 10.3. The topological polar surface area (TPSA) is 26.2 Å². The van der Waals surface area contributed by atoms with Gasteiger partial charge in [0.1, 0.15) is 0 Å². The van der Waals surface area contributed by atoms with E-state index in [1.807, 2.05) is 0 Å². The first-order valence-electron chi connectivity index (χ1n) is 6.28. The molecule has 0 spiro atoms. The van der Waals surface area contributed by atoms with Crippen LogP contribution in [0.3, 0.4) is 0 Å². The van der Waals surface area contributed by atoms with E-state index in [4.69, 9.17) is 4.74 Å². The van der Waals surface area contributed by atoms with Gasteiger partial charge in [0.2, 0.25) is 0 Å². The zero-order chi connectivity index (χ0) is 11.4. The van der Waals surface area contributed by atoms with Gasteiger partial charge in [-0.15, -0.1) is 0 Å². The molecule has 1 atom stereocenters. The lowest BCUT2D eigenvalue weighted by Gasteiger charge is -2.14. The van der Waals surface area contributed by atoms with Crippen LogP contribution in [0.25, 0.3) is 0 Å². The van der Waals surface area contributed by atoms with E-state index in [1.54, 1.807) is 0 Å². The monoisotopic (exact) mass is 222 g/mol. The third-order valence-electron chi connectivity index (χ3n) is 3.27. The second-order valence-corrected chi connectivity index (χ2v) is 4.64. The van der Waals surface area contributed by atoms with Crippen LogP contribution in [0.1, 0.15) is 37.1 Å². The Morgan fingerprint density at radius 2 is 2.12 bits per heavy atom. The molecule has 1 saturated heterocycles. The van der Waals surface area contributed by atoms with E-state index < -0.39 is 0 Å². The molecule has 16 heavy (non-hydrogen) atoms. The summed E-state index contributed by atoms with van der Waals surface area (Å²) < 4.78 is 7.77. The number of nitrogens with zero attached hydrogens (tertiary/aromatic N) is 1. The van der Waals surface area contributed by atoms with E-state index >= 15 is 0 Å². The minimum absolute atomic E-state index is 0.522. The fourth-order valence-electron chi connectivity index (χ4n) is 2.31. The van der Waals surface area contributed by atoms with E-state index in [1.165, 1.54) is 37.1 Å². The van der Waals surface area contributed by atoms with Crippen molar-refractivity contribution in [1.29, 1.82) is 0 Å². The Morgan fingerprint density at radius 3 is 2.75 bits per heavy atom. The molecule has 1 fully saturated rings. The summed E-state index contributed by atoms with van der Waals surface area (Å²) in [6, 6.07) is 4.28. The molecule has 1 aliphatic heterocycles. The van der Waals surface area contributed by atoms with Crippen LogP contribution in [0.5, 0.6) is 0 Å². The van der Waals surface area contributed by atoms with Crippen LogP contribution in [0, 0.1) is 13.8 Å². The summed E-state index contributed by atoms with van der Waals surface area (Å²) in [6.45, 7) is 6.24. The molecular weight excluding hydrogens is 200 g/mol. The summed E-state index contributed by atoms with van der Waals surface area (Å²) in [5.74, 6) is 0. The van der Waals surface area contributed by atoms with Crippen molar-refractivity contribution in [3.05, 3.63) is 23.5 Å². The van der Waals surface area contributed by atoms with Crippen LogP contribution in [-0.4, -0.2) is 23.9 Å². The van der Waals surface area contributed by atoms with Gasteiger partial charge >= 0.3 is 0 Å². The van der Waals surface area contributed by atoms with Crippen LogP contribution in [0.2, 0.25) is 0 Å². The third kappa shape index (κ3) is 2.79. The smallest absolute Gasteiger partial charge is 0.0576 e. The molecule has 1 unspecified atom stereocenters.